The van der Waals surface area contributed by atoms with Crippen LogP contribution >= 0.6 is 0 Å². The van der Waals surface area contributed by atoms with Crippen molar-refractivity contribution in [1.29, 1.82) is 0 Å². The van der Waals surface area contributed by atoms with E-state index >= 15 is 0 Å². The van der Waals surface area contributed by atoms with Gasteiger partial charge in [0.05, 0.1) is 6.10 Å². The lowest BCUT2D eigenvalue weighted by Crippen LogP contribution is -2.42. The Kier molecular flexibility index (Phi) is 8.07. The first kappa shape index (κ1) is 14.9. The maximum atomic E-state index is 10.0. The molecule has 0 aromatic heterocycles. The Morgan fingerprint density at radius 2 is 1.73 bits per heavy atom. The minimum Gasteiger partial charge on any atom is -0.391 e. The highest BCUT2D eigenvalue weighted by Crippen LogP contribution is 2.14. The Morgan fingerprint density at radius 3 is 2.13 bits per heavy atom. The number of aliphatic hydroxyl groups is 1. The van der Waals surface area contributed by atoms with Gasteiger partial charge in [0.1, 0.15) is 0 Å². The average molecular weight is 215 g/mol. The summed E-state index contributed by atoms with van der Waals surface area (Å²) >= 11 is 0. The van der Waals surface area contributed by atoms with Gasteiger partial charge >= 0.3 is 0 Å². The van der Waals surface area contributed by atoms with Crippen molar-refractivity contribution in [1.82, 2.24) is 4.90 Å². The van der Waals surface area contributed by atoms with Gasteiger partial charge in [-0.15, -0.1) is 0 Å². The summed E-state index contributed by atoms with van der Waals surface area (Å²) in [6, 6.07) is 0.332. The molecule has 0 aliphatic rings. The van der Waals surface area contributed by atoms with Crippen LogP contribution in [0.2, 0.25) is 0 Å². The Labute approximate surface area is 95.7 Å². The summed E-state index contributed by atoms with van der Waals surface area (Å²) in [5.41, 5.74) is 0. The SMILES string of the molecule is CCCC(O)C(CC)N(C)CC(C)CC. The van der Waals surface area contributed by atoms with Gasteiger partial charge in [-0.2, -0.15) is 0 Å². The first-order valence-electron chi connectivity index (χ1n) is 6.44. The Bertz CT molecular complexity index is 149. The van der Waals surface area contributed by atoms with Crippen molar-refractivity contribution in [3.05, 3.63) is 0 Å². The van der Waals surface area contributed by atoms with E-state index in [1.807, 2.05) is 0 Å². The largest absolute Gasteiger partial charge is 0.391 e. The molecule has 0 aliphatic carbocycles. The topological polar surface area (TPSA) is 23.5 Å². The van der Waals surface area contributed by atoms with E-state index < -0.39 is 0 Å². The monoisotopic (exact) mass is 215 g/mol. The molecule has 0 spiro atoms. The van der Waals surface area contributed by atoms with Crippen LogP contribution < -0.4 is 0 Å². The van der Waals surface area contributed by atoms with E-state index in [9.17, 15) is 5.11 Å². The first-order chi connectivity index (χ1) is 7.06. The van der Waals surface area contributed by atoms with E-state index in [2.05, 4.69) is 39.6 Å². The smallest absolute Gasteiger partial charge is 0.0695 e. The van der Waals surface area contributed by atoms with Crippen molar-refractivity contribution < 1.29 is 5.11 Å². The highest BCUT2D eigenvalue weighted by atomic mass is 16.3. The molecule has 3 atom stereocenters. The molecule has 0 heterocycles. The van der Waals surface area contributed by atoms with Gasteiger partial charge in [-0.3, -0.25) is 0 Å². The van der Waals surface area contributed by atoms with Crippen molar-refractivity contribution in [2.45, 2.75) is 65.5 Å². The van der Waals surface area contributed by atoms with Gasteiger partial charge in [0, 0.05) is 12.6 Å². The zero-order chi connectivity index (χ0) is 11.8. The van der Waals surface area contributed by atoms with Crippen LogP contribution in [-0.4, -0.2) is 35.7 Å². The Balaban J connectivity index is 4.13. The molecule has 0 aromatic rings. The lowest BCUT2D eigenvalue weighted by molar-refractivity contribution is 0.0476. The molecule has 0 radical (unpaired) electrons. The molecule has 15 heavy (non-hydrogen) atoms. The third-order valence-electron chi connectivity index (χ3n) is 3.31. The summed E-state index contributed by atoms with van der Waals surface area (Å²) in [6.07, 6.45) is 4.07. The molecule has 3 unspecified atom stereocenters. The summed E-state index contributed by atoms with van der Waals surface area (Å²) in [5, 5.41) is 10.0. The third-order valence-corrected chi connectivity index (χ3v) is 3.31. The molecule has 0 rings (SSSR count). The zero-order valence-electron chi connectivity index (χ0n) is 11.2. The minimum atomic E-state index is -0.158. The van der Waals surface area contributed by atoms with Crippen LogP contribution in [0.4, 0.5) is 0 Å². The van der Waals surface area contributed by atoms with Gasteiger partial charge in [0.2, 0.25) is 0 Å². The summed E-state index contributed by atoms with van der Waals surface area (Å²) in [5.74, 6) is 0.720. The molecule has 0 bridgehead atoms. The maximum Gasteiger partial charge on any atom is 0.0695 e. The summed E-state index contributed by atoms with van der Waals surface area (Å²) < 4.78 is 0. The highest BCUT2D eigenvalue weighted by molar-refractivity contribution is 4.76. The van der Waals surface area contributed by atoms with Crippen LogP contribution in [0.3, 0.4) is 0 Å². The van der Waals surface area contributed by atoms with Crippen LogP contribution in [0.5, 0.6) is 0 Å². The summed E-state index contributed by atoms with van der Waals surface area (Å²) in [6.45, 7) is 9.88. The van der Waals surface area contributed by atoms with Crippen molar-refractivity contribution in [2.75, 3.05) is 13.6 Å². The lowest BCUT2D eigenvalue weighted by atomic mass is 10.0. The number of likely N-dealkylation sites (N-methyl/N-ethyl adjacent to an activating group) is 1. The molecule has 0 saturated carbocycles. The molecular weight excluding hydrogens is 186 g/mol. The molecule has 0 saturated heterocycles. The molecule has 2 heteroatoms. The van der Waals surface area contributed by atoms with Gasteiger partial charge < -0.3 is 10.0 Å². The molecule has 0 aromatic carbocycles. The Morgan fingerprint density at radius 1 is 1.13 bits per heavy atom. The van der Waals surface area contributed by atoms with Gasteiger partial charge in [0.25, 0.3) is 0 Å². The van der Waals surface area contributed by atoms with Crippen molar-refractivity contribution >= 4 is 0 Å². The number of hydrogen-bond donors (Lipinski definition) is 1. The maximum absolute atomic E-state index is 10.0. The summed E-state index contributed by atoms with van der Waals surface area (Å²) in [4.78, 5) is 2.33. The number of rotatable bonds is 8. The lowest BCUT2D eigenvalue weighted by Gasteiger charge is -2.32. The van der Waals surface area contributed by atoms with Gasteiger partial charge in [0.15, 0.2) is 0 Å². The predicted molar refractivity (Wildman–Crippen MR) is 67.1 cm³/mol. The Hall–Kier alpha value is -0.0800. The third kappa shape index (κ3) is 5.53. The number of nitrogens with zero attached hydrogens (tertiary/aromatic N) is 1. The van der Waals surface area contributed by atoms with Gasteiger partial charge in [-0.25, -0.2) is 0 Å². The normalized spacial score (nSPS) is 17.8. The second-order valence-electron chi connectivity index (χ2n) is 4.78. The van der Waals surface area contributed by atoms with Gasteiger partial charge in [-0.1, -0.05) is 40.5 Å². The fourth-order valence-corrected chi connectivity index (χ4v) is 2.12. The molecule has 0 aliphatic heterocycles. The minimum absolute atomic E-state index is 0.158. The zero-order valence-corrected chi connectivity index (χ0v) is 11.2. The molecule has 92 valence electrons. The van der Waals surface area contributed by atoms with Crippen molar-refractivity contribution in [3.63, 3.8) is 0 Å². The van der Waals surface area contributed by atoms with Gasteiger partial charge in [-0.05, 0) is 25.8 Å². The van der Waals surface area contributed by atoms with Crippen LogP contribution in [0, 0.1) is 5.92 Å². The molecule has 0 amide bonds. The molecular formula is C13H29NO. The average Bonchev–Trinajstić information content (AvgIpc) is 2.19. The van der Waals surface area contributed by atoms with Crippen LogP contribution in [0.15, 0.2) is 0 Å². The second-order valence-corrected chi connectivity index (χ2v) is 4.78. The first-order valence-corrected chi connectivity index (χ1v) is 6.44. The number of aliphatic hydroxyl groups excluding tert-OH is 1. The second kappa shape index (κ2) is 8.12. The van der Waals surface area contributed by atoms with E-state index in [0.717, 1.165) is 31.7 Å². The van der Waals surface area contributed by atoms with Crippen LogP contribution in [-0.2, 0) is 0 Å². The van der Waals surface area contributed by atoms with E-state index in [4.69, 9.17) is 0 Å². The standard InChI is InChI=1S/C13H29NO/c1-6-9-13(15)12(8-3)14(5)10-11(4)7-2/h11-13,15H,6-10H2,1-5H3. The fraction of sp³-hybridized carbons (Fsp3) is 1.00. The summed E-state index contributed by atoms with van der Waals surface area (Å²) in [7, 11) is 2.14. The predicted octanol–water partition coefficient (Wildman–Crippen LogP) is 2.90. The number of hydrogen-bond acceptors (Lipinski definition) is 2. The molecule has 0 fully saturated rings. The van der Waals surface area contributed by atoms with E-state index in [-0.39, 0.29) is 6.10 Å². The van der Waals surface area contributed by atoms with E-state index in [1.54, 1.807) is 0 Å². The van der Waals surface area contributed by atoms with Crippen molar-refractivity contribution in [2.24, 2.45) is 5.92 Å². The van der Waals surface area contributed by atoms with Crippen molar-refractivity contribution in [3.8, 4) is 0 Å². The quantitative estimate of drug-likeness (QED) is 0.673. The van der Waals surface area contributed by atoms with E-state index in [1.165, 1.54) is 6.42 Å². The van der Waals surface area contributed by atoms with Crippen LogP contribution in [0.1, 0.15) is 53.4 Å². The fourth-order valence-electron chi connectivity index (χ4n) is 2.12. The molecule has 1 N–H and O–H groups in total. The van der Waals surface area contributed by atoms with E-state index in [0.29, 0.717) is 6.04 Å². The van der Waals surface area contributed by atoms with Crippen LogP contribution in [0.25, 0.3) is 0 Å². The highest BCUT2D eigenvalue weighted by Gasteiger charge is 2.21. The molecule has 2 nitrogen and oxygen atoms in total.